The molecule has 0 aromatic heterocycles. The first kappa shape index (κ1) is 17.7. The van der Waals surface area contributed by atoms with E-state index in [0.29, 0.717) is 5.92 Å². The summed E-state index contributed by atoms with van der Waals surface area (Å²) in [7, 11) is 0. The molecule has 0 radical (unpaired) electrons. The van der Waals surface area contributed by atoms with Crippen molar-refractivity contribution in [2.75, 3.05) is 12.3 Å². The van der Waals surface area contributed by atoms with Gasteiger partial charge in [-0.2, -0.15) is 0 Å². The molecule has 1 aliphatic carbocycles. The highest BCUT2D eigenvalue weighted by molar-refractivity contribution is 5.96. The number of nitro benzene ring substituents is 1. The molecule has 8 nitrogen and oxygen atoms in total. The third kappa shape index (κ3) is 4.68. The molecule has 2 rings (SSSR count). The fourth-order valence-electron chi connectivity index (χ4n) is 2.73. The van der Waals surface area contributed by atoms with Gasteiger partial charge in [-0.15, -0.1) is 0 Å². The van der Waals surface area contributed by atoms with Crippen molar-refractivity contribution < 1.29 is 19.2 Å². The van der Waals surface area contributed by atoms with E-state index in [-0.39, 0.29) is 28.9 Å². The Balaban J connectivity index is 1.84. The second-order valence-corrected chi connectivity index (χ2v) is 6.13. The lowest BCUT2D eigenvalue weighted by atomic mass is 9.87. The molecule has 0 bridgehead atoms. The maximum Gasteiger partial charge on any atom is 0.340 e. The van der Waals surface area contributed by atoms with Gasteiger partial charge in [-0.25, -0.2) is 4.79 Å². The summed E-state index contributed by atoms with van der Waals surface area (Å²) >= 11 is 0. The van der Waals surface area contributed by atoms with Gasteiger partial charge < -0.3 is 15.8 Å². The Morgan fingerprint density at radius 2 is 2.00 bits per heavy atom. The Bertz CT molecular complexity index is 639. The van der Waals surface area contributed by atoms with E-state index in [1.54, 1.807) is 0 Å². The third-order valence-corrected chi connectivity index (χ3v) is 4.18. The molecule has 3 N–H and O–H groups in total. The Morgan fingerprint density at radius 3 is 2.58 bits per heavy atom. The summed E-state index contributed by atoms with van der Waals surface area (Å²) < 4.78 is 4.93. The lowest BCUT2D eigenvalue weighted by molar-refractivity contribution is -0.384. The number of hydrogen-bond donors (Lipinski definition) is 2. The molecule has 8 heteroatoms. The van der Waals surface area contributed by atoms with E-state index in [4.69, 9.17) is 10.5 Å². The highest BCUT2D eigenvalue weighted by Crippen LogP contribution is 2.23. The van der Waals surface area contributed by atoms with Crippen LogP contribution in [0.25, 0.3) is 0 Å². The van der Waals surface area contributed by atoms with Gasteiger partial charge in [0, 0.05) is 18.2 Å². The standard InChI is InChI=1S/C16H21N3O5/c1-10-2-4-11(5-3-10)18-15(20)9-24-16(21)13-7-6-12(19(22)23)8-14(13)17/h6-8,10-11H,2-5,9,17H2,1H3,(H,18,20). The number of benzene rings is 1. The molecule has 1 aliphatic rings. The van der Waals surface area contributed by atoms with Crippen molar-refractivity contribution in [3.05, 3.63) is 33.9 Å². The number of nitrogens with two attached hydrogens (primary N) is 1. The molecule has 0 aliphatic heterocycles. The highest BCUT2D eigenvalue weighted by Gasteiger charge is 2.21. The van der Waals surface area contributed by atoms with Crippen LogP contribution in [0.1, 0.15) is 43.0 Å². The van der Waals surface area contributed by atoms with Gasteiger partial charge in [-0.1, -0.05) is 6.92 Å². The lowest BCUT2D eigenvalue weighted by Crippen LogP contribution is -2.39. The molecule has 0 atom stereocenters. The van der Waals surface area contributed by atoms with Gasteiger partial charge in [0.2, 0.25) is 0 Å². The van der Waals surface area contributed by atoms with E-state index in [1.807, 2.05) is 0 Å². The number of ether oxygens (including phenoxy) is 1. The summed E-state index contributed by atoms with van der Waals surface area (Å²) in [5.41, 5.74) is 5.35. The number of anilines is 1. The zero-order valence-electron chi connectivity index (χ0n) is 13.5. The first-order chi connectivity index (χ1) is 11.4. The second-order valence-electron chi connectivity index (χ2n) is 6.13. The van der Waals surface area contributed by atoms with Crippen molar-refractivity contribution in [2.24, 2.45) is 5.92 Å². The van der Waals surface area contributed by atoms with Crippen LogP contribution < -0.4 is 11.1 Å². The average molecular weight is 335 g/mol. The third-order valence-electron chi connectivity index (χ3n) is 4.18. The zero-order chi connectivity index (χ0) is 17.7. The van der Waals surface area contributed by atoms with Gasteiger partial charge in [0.15, 0.2) is 6.61 Å². The van der Waals surface area contributed by atoms with Crippen LogP contribution in [0.2, 0.25) is 0 Å². The number of esters is 1. The quantitative estimate of drug-likeness (QED) is 0.367. The van der Waals surface area contributed by atoms with E-state index >= 15 is 0 Å². The van der Waals surface area contributed by atoms with Crippen LogP contribution in [-0.2, 0) is 9.53 Å². The van der Waals surface area contributed by atoms with E-state index in [1.165, 1.54) is 6.07 Å². The molecule has 0 spiro atoms. The van der Waals surface area contributed by atoms with E-state index in [2.05, 4.69) is 12.2 Å². The Labute approximate surface area is 139 Å². The van der Waals surface area contributed by atoms with Crippen LogP contribution >= 0.6 is 0 Å². The maximum atomic E-state index is 11.9. The largest absolute Gasteiger partial charge is 0.452 e. The van der Waals surface area contributed by atoms with Gasteiger partial charge in [-0.05, 0) is 37.7 Å². The average Bonchev–Trinajstić information content (AvgIpc) is 2.54. The summed E-state index contributed by atoms with van der Waals surface area (Å²) in [6, 6.07) is 3.59. The van der Waals surface area contributed by atoms with Crippen molar-refractivity contribution in [3.63, 3.8) is 0 Å². The number of rotatable bonds is 5. The number of hydrogen-bond acceptors (Lipinski definition) is 6. The smallest absolute Gasteiger partial charge is 0.340 e. The van der Waals surface area contributed by atoms with Crippen LogP contribution in [0, 0.1) is 16.0 Å². The number of carbonyl (C=O) groups excluding carboxylic acids is 2. The zero-order valence-corrected chi connectivity index (χ0v) is 13.5. The molecule has 1 amide bonds. The molecular formula is C16H21N3O5. The number of nitrogens with one attached hydrogen (secondary N) is 1. The topological polar surface area (TPSA) is 125 Å². The van der Waals surface area contributed by atoms with Crippen LogP contribution in [0.5, 0.6) is 0 Å². The molecular weight excluding hydrogens is 314 g/mol. The van der Waals surface area contributed by atoms with Crippen LogP contribution in [0.4, 0.5) is 11.4 Å². The van der Waals surface area contributed by atoms with Crippen molar-refractivity contribution in [3.8, 4) is 0 Å². The summed E-state index contributed by atoms with van der Waals surface area (Å²) in [6.45, 7) is 1.79. The molecule has 1 saturated carbocycles. The summed E-state index contributed by atoms with van der Waals surface area (Å²) in [5, 5.41) is 13.5. The summed E-state index contributed by atoms with van der Waals surface area (Å²) in [5.74, 6) is -0.459. The predicted octanol–water partition coefficient (Wildman–Crippen LogP) is 2.03. The fourth-order valence-corrected chi connectivity index (χ4v) is 2.73. The maximum absolute atomic E-state index is 11.9. The minimum absolute atomic E-state index is 0.000101. The minimum Gasteiger partial charge on any atom is -0.452 e. The van der Waals surface area contributed by atoms with Gasteiger partial charge in [0.05, 0.1) is 16.2 Å². The highest BCUT2D eigenvalue weighted by atomic mass is 16.6. The van der Waals surface area contributed by atoms with Crippen LogP contribution in [0.3, 0.4) is 0 Å². The summed E-state index contributed by atoms with van der Waals surface area (Å²) in [4.78, 5) is 33.8. The molecule has 24 heavy (non-hydrogen) atoms. The molecule has 130 valence electrons. The second kappa shape index (κ2) is 7.76. The number of amides is 1. The number of nitrogens with zero attached hydrogens (tertiary/aromatic N) is 1. The molecule has 0 unspecified atom stereocenters. The number of non-ortho nitro benzene ring substituents is 1. The monoisotopic (exact) mass is 335 g/mol. The first-order valence-electron chi connectivity index (χ1n) is 7.87. The van der Waals surface area contributed by atoms with Gasteiger partial charge in [0.1, 0.15) is 0 Å². The van der Waals surface area contributed by atoms with Crippen LogP contribution in [0.15, 0.2) is 18.2 Å². The van der Waals surface area contributed by atoms with Gasteiger partial charge in [-0.3, -0.25) is 14.9 Å². The van der Waals surface area contributed by atoms with Crippen molar-refractivity contribution >= 4 is 23.3 Å². The predicted molar refractivity (Wildman–Crippen MR) is 87.4 cm³/mol. The number of nitrogen functional groups attached to an aromatic ring is 1. The van der Waals surface area contributed by atoms with E-state index in [0.717, 1.165) is 37.8 Å². The van der Waals surface area contributed by atoms with E-state index in [9.17, 15) is 19.7 Å². The summed E-state index contributed by atoms with van der Waals surface area (Å²) in [6.07, 6.45) is 4.00. The van der Waals surface area contributed by atoms with Crippen molar-refractivity contribution in [1.29, 1.82) is 0 Å². The van der Waals surface area contributed by atoms with Crippen molar-refractivity contribution in [2.45, 2.75) is 38.6 Å². The molecule has 0 heterocycles. The number of nitro groups is 1. The normalized spacial score (nSPS) is 20.2. The SMILES string of the molecule is CC1CCC(NC(=O)COC(=O)c2ccc([N+](=O)[O-])cc2N)CC1. The minimum atomic E-state index is -0.783. The van der Waals surface area contributed by atoms with E-state index < -0.39 is 17.5 Å². The lowest BCUT2D eigenvalue weighted by Gasteiger charge is -2.26. The molecule has 0 saturated heterocycles. The molecule has 1 aromatic carbocycles. The Morgan fingerprint density at radius 1 is 1.33 bits per heavy atom. The van der Waals surface area contributed by atoms with Gasteiger partial charge in [0.25, 0.3) is 11.6 Å². The Hall–Kier alpha value is -2.64. The first-order valence-corrected chi connectivity index (χ1v) is 7.87. The van der Waals surface area contributed by atoms with Crippen LogP contribution in [-0.4, -0.2) is 29.4 Å². The number of carbonyl (C=O) groups is 2. The molecule has 1 aromatic rings. The fraction of sp³-hybridized carbons (Fsp3) is 0.500. The van der Waals surface area contributed by atoms with Crippen molar-refractivity contribution in [1.82, 2.24) is 5.32 Å². The Kier molecular flexibility index (Phi) is 5.73. The van der Waals surface area contributed by atoms with Gasteiger partial charge >= 0.3 is 5.97 Å². The molecule has 1 fully saturated rings.